The molecule has 1 fully saturated rings. The fourth-order valence-corrected chi connectivity index (χ4v) is 3.44. The topological polar surface area (TPSA) is 70.5 Å². The van der Waals surface area contributed by atoms with E-state index in [1.54, 1.807) is 6.92 Å². The molecule has 1 aliphatic heterocycles. The highest BCUT2D eigenvalue weighted by atomic mass is 16.2. The number of carbonyl (C=O) groups excluding carboxylic acids is 2. The van der Waals surface area contributed by atoms with E-state index >= 15 is 0 Å². The lowest BCUT2D eigenvalue weighted by atomic mass is 10.2. The average molecular weight is 371 g/mol. The van der Waals surface area contributed by atoms with Crippen LogP contribution in [0.15, 0.2) is 18.2 Å². The van der Waals surface area contributed by atoms with Gasteiger partial charge in [-0.25, -0.2) is 4.98 Å². The van der Waals surface area contributed by atoms with E-state index in [0.29, 0.717) is 0 Å². The Bertz CT molecular complexity index is 834. The van der Waals surface area contributed by atoms with Crippen molar-refractivity contribution in [3.05, 3.63) is 24.0 Å². The summed E-state index contributed by atoms with van der Waals surface area (Å²) in [7, 11) is 0. The van der Waals surface area contributed by atoms with Gasteiger partial charge in [0.1, 0.15) is 5.82 Å². The molecule has 1 aromatic heterocycles. The fourth-order valence-electron chi connectivity index (χ4n) is 3.44. The highest BCUT2D eigenvalue weighted by molar-refractivity contribution is 5.94. The maximum absolute atomic E-state index is 11.9. The van der Waals surface area contributed by atoms with Gasteiger partial charge in [-0.05, 0) is 25.1 Å². The second kappa shape index (κ2) is 8.08. The van der Waals surface area contributed by atoms with Gasteiger partial charge in [0.15, 0.2) is 0 Å². The Hall–Kier alpha value is -2.41. The monoisotopic (exact) mass is 371 g/mol. The van der Waals surface area contributed by atoms with Gasteiger partial charge in [0.05, 0.1) is 17.6 Å². The number of rotatable bonds is 5. The first-order chi connectivity index (χ1) is 12.9. The molecule has 3 rings (SSSR count). The third-order valence-corrected chi connectivity index (χ3v) is 5.12. The van der Waals surface area contributed by atoms with Gasteiger partial charge in [0.2, 0.25) is 11.8 Å². The molecule has 7 nitrogen and oxygen atoms in total. The molecule has 1 aromatic carbocycles. The minimum atomic E-state index is -0.0573. The molecule has 2 heterocycles. The lowest BCUT2D eigenvalue weighted by Crippen LogP contribution is -2.47. The number of anilines is 1. The number of carbonyl (C=O) groups is 2. The van der Waals surface area contributed by atoms with Gasteiger partial charge in [0.25, 0.3) is 0 Å². The summed E-state index contributed by atoms with van der Waals surface area (Å²) in [4.78, 5) is 32.5. The molecule has 7 heteroatoms. The molecule has 1 saturated heterocycles. The van der Waals surface area contributed by atoms with Crippen molar-refractivity contribution in [3.63, 3.8) is 0 Å². The molecular formula is C20H29N5O2. The van der Waals surface area contributed by atoms with Crippen LogP contribution in [0, 0.1) is 5.92 Å². The van der Waals surface area contributed by atoms with E-state index in [4.69, 9.17) is 4.98 Å². The Morgan fingerprint density at radius 2 is 1.89 bits per heavy atom. The van der Waals surface area contributed by atoms with E-state index in [-0.39, 0.29) is 17.7 Å². The number of hydrogen-bond acceptors (Lipinski definition) is 4. The van der Waals surface area contributed by atoms with Crippen LogP contribution in [0.25, 0.3) is 11.0 Å². The molecule has 27 heavy (non-hydrogen) atoms. The van der Waals surface area contributed by atoms with Crippen LogP contribution in [-0.4, -0.2) is 57.3 Å². The second-order valence-electron chi connectivity index (χ2n) is 7.40. The Balaban J connectivity index is 1.77. The highest BCUT2D eigenvalue weighted by Crippen LogP contribution is 2.22. The van der Waals surface area contributed by atoms with Gasteiger partial charge >= 0.3 is 0 Å². The van der Waals surface area contributed by atoms with Crippen LogP contribution in [-0.2, 0) is 22.7 Å². The second-order valence-corrected chi connectivity index (χ2v) is 7.40. The van der Waals surface area contributed by atoms with Crippen LogP contribution in [0.4, 0.5) is 5.69 Å². The predicted octanol–water partition coefficient (Wildman–Crippen LogP) is 2.31. The summed E-state index contributed by atoms with van der Waals surface area (Å²) < 4.78 is 2.22. The Morgan fingerprint density at radius 1 is 1.19 bits per heavy atom. The van der Waals surface area contributed by atoms with Crippen molar-refractivity contribution in [2.75, 3.05) is 31.5 Å². The average Bonchev–Trinajstić information content (AvgIpc) is 2.98. The van der Waals surface area contributed by atoms with Crippen molar-refractivity contribution in [1.29, 1.82) is 0 Å². The minimum Gasteiger partial charge on any atom is -0.340 e. The SMILES string of the molecule is CCn1c(CN2CCN(C(C)=O)CC2)nc2cc(NC(=O)C(C)C)ccc21. The van der Waals surface area contributed by atoms with E-state index < -0.39 is 0 Å². The minimum absolute atomic E-state index is 0.00726. The lowest BCUT2D eigenvalue weighted by molar-refractivity contribution is -0.130. The lowest BCUT2D eigenvalue weighted by Gasteiger charge is -2.33. The maximum atomic E-state index is 11.9. The van der Waals surface area contributed by atoms with Crippen molar-refractivity contribution in [2.45, 2.75) is 40.8 Å². The summed E-state index contributed by atoms with van der Waals surface area (Å²) >= 11 is 0. The summed E-state index contributed by atoms with van der Waals surface area (Å²) in [6, 6.07) is 5.91. The summed E-state index contributed by atoms with van der Waals surface area (Å²) in [5.41, 5.74) is 2.76. The van der Waals surface area contributed by atoms with Crippen LogP contribution >= 0.6 is 0 Å². The van der Waals surface area contributed by atoms with Gasteiger partial charge in [-0.2, -0.15) is 0 Å². The Kier molecular flexibility index (Phi) is 5.79. The number of imidazole rings is 1. The van der Waals surface area contributed by atoms with Crippen LogP contribution in [0.3, 0.4) is 0 Å². The van der Waals surface area contributed by atoms with E-state index in [0.717, 1.165) is 61.8 Å². The molecule has 2 amide bonds. The number of benzene rings is 1. The number of amides is 2. The van der Waals surface area contributed by atoms with Gasteiger partial charge in [-0.15, -0.1) is 0 Å². The van der Waals surface area contributed by atoms with Crippen molar-refractivity contribution < 1.29 is 9.59 Å². The van der Waals surface area contributed by atoms with Crippen molar-refractivity contribution in [2.24, 2.45) is 5.92 Å². The Labute approximate surface area is 160 Å². The summed E-state index contributed by atoms with van der Waals surface area (Å²) in [5.74, 6) is 1.12. The molecule has 0 unspecified atom stereocenters. The Morgan fingerprint density at radius 3 is 2.48 bits per heavy atom. The summed E-state index contributed by atoms with van der Waals surface area (Å²) in [5, 5.41) is 2.94. The molecule has 2 aromatic rings. The number of nitrogens with one attached hydrogen (secondary N) is 1. The number of hydrogen-bond donors (Lipinski definition) is 1. The largest absolute Gasteiger partial charge is 0.340 e. The normalized spacial score (nSPS) is 15.5. The molecule has 0 bridgehead atoms. The summed E-state index contributed by atoms with van der Waals surface area (Å²) in [6.45, 7) is 12.4. The first-order valence-corrected chi connectivity index (χ1v) is 9.67. The van der Waals surface area contributed by atoms with Gasteiger partial charge in [0, 0.05) is 51.3 Å². The van der Waals surface area contributed by atoms with Crippen molar-refractivity contribution >= 4 is 28.5 Å². The van der Waals surface area contributed by atoms with E-state index in [2.05, 4.69) is 21.7 Å². The predicted molar refractivity (Wildman–Crippen MR) is 106 cm³/mol. The zero-order valence-electron chi connectivity index (χ0n) is 16.7. The fraction of sp³-hybridized carbons (Fsp3) is 0.550. The van der Waals surface area contributed by atoms with Crippen LogP contribution in [0.2, 0.25) is 0 Å². The number of fused-ring (bicyclic) bond motifs is 1. The summed E-state index contributed by atoms with van der Waals surface area (Å²) in [6.07, 6.45) is 0. The first kappa shape index (κ1) is 19.4. The van der Waals surface area contributed by atoms with Crippen molar-refractivity contribution in [1.82, 2.24) is 19.4 Å². The van der Waals surface area contributed by atoms with E-state index in [9.17, 15) is 9.59 Å². The molecule has 0 aliphatic carbocycles. The third kappa shape index (κ3) is 4.30. The number of nitrogens with zero attached hydrogens (tertiary/aromatic N) is 4. The number of piperazine rings is 1. The molecule has 0 saturated carbocycles. The van der Waals surface area contributed by atoms with Crippen LogP contribution < -0.4 is 5.32 Å². The van der Waals surface area contributed by atoms with E-state index in [1.165, 1.54) is 0 Å². The number of aryl methyl sites for hydroxylation is 1. The molecule has 1 aliphatic rings. The third-order valence-electron chi connectivity index (χ3n) is 5.12. The van der Waals surface area contributed by atoms with Crippen LogP contribution in [0.5, 0.6) is 0 Å². The molecule has 0 radical (unpaired) electrons. The van der Waals surface area contributed by atoms with Gasteiger partial charge < -0.3 is 14.8 Å². The smallest absolute Gasteiger partial charge is 0.226 e. The molecule has 0 atom stereocenters. The first-order valence-electron chi connectivity index (χ1n) is 9.67. The number of aromatic nitrogens is 2. The zero-order valence-corrected chi connectivity index (χ0v) is 16.7. The van der Waals surface area contributed by atoms with Crippen LogP contribution in [0.1, 0.15) is 33.5 Å². The zero-order chi connectivity index (χ0) is 19.6. The van der Waals surface area contributed by atoms with E-state index in [1.807, 2.05) is 36.9 Å². The quantitative estimate of drug-likeness (QED) is 0.876. The standard InChI is InChI=1S/C20H29N5O2/c1-5-25-18-7-6-16(21-20(27)14(2)3)12-17(18)22-19(25)13-23-8-10-24(11-9-23)15(4)26/h6-7,12,14H,5,8-11,13H2,1-4H3,(H,21,27). The molecule has 1 N–H and O–H groups in total. The molecule has 146 valence electrons. The van der Waals surface area contributed by atoms with Crippen molar-refractivity contribution in [3.8, 4) is 0 Å². The highest BCUT2D eigenvalue weighted by Gasteiger charge is 2.21. The van der Waals surface area contributed by atoms with Gasteiger partial charge in [-0.1, -0.05) is 13.8 Å². The molecule has 0 spiro atoms. The maximum Gasteiger partial charge on any atom is 0.226 e. The van der Waals surface area contributed by atoms with Gasteiger partial charge in [-0.3, -0.25) is 14.5 Å². The molecular weight excluding hydrogens is 342 g/mol.